The molecule has 3 saturated heterocycles. The van der Waals surface area contributed by atoms with E-state index >= 15 is 0 Å². The molecule has 5 rings (SSSR count). The van der Waals surface area contributed by atoms with Crippen molar-refractivity contribution < 1.29 is 14.3 Å². The molecule has 0 spiro atoms. The van der Waals surface area contributed by atoms with E-state index in [1.807, 2.05) is 12.1 Å². The Labute approximate surface area is 132 Å². The van der Waals surface area contributed by atoms with Gasteiger partial charge in [-0.05, 0) is 62.7 Å². The zero-order chi connectivity index (χ0) is 15.0. The van der Waals surface area contributed by atoms with E-state index in [-0.39, 0.29) is 12.0 Å². The molecule has 1 saturated carbocycles. The molecule has 0 unspecified atom stereocenters. The van der Waals surface area contributed by atoms with Gasteiger partial charge in [0.1, 0.15) is 11.4 Å². The minimum absolute atomic E-state index is 0.264. The van der Waals surface area contributed by atoms with Gasteiger partial charge in [-0.15, -0.1) is 0 Å². The zero-order valence-corrected chi connectivity index (χ0v) is 13.2. The van der Waals surface area contributed by atoms with E-state index in [1.54, 1.807) is 6.26 Å². The largest absolute Gasteiger partial charge is 0.466 e. The molecule has 22 heavy (non-hydrogen) atoms. The summed E-state index contributed by atoms with van der Waals surface area (Å²) in [6.07, 6.45) is 8.97. The van der Waals surface area contributed by atoms with Gasteiger partial charge >= 0.3 is 0 Å². The Morgan fingerprint density at radius 1 is 1.23 bits per heavy atom. The van der Waals surface area contributed by atoms with E-state index in [2.05, 4.69) is 4.90 Å². The number of hydrogen-bond acceptors (Lipinski definition) is 4. The summed E-state index contributed by atoms with van der Waals surface area (Å²) in [5.74, 6) is 1.62. The number of aliphatic hydroxyl groups is 1. The van der Waals surface area contributed by atoms with E-state index in [0.29, 0.717) is 18.3 Å². The predicted octanol–water partition coefficient (Wildman–Crippen LogP) is 2.77. The maximum atomic E-state index is 11.3. The summed E-state index contributed by atoms with van der Waals surface area (Å²) in [4.78, 5) is 2.49. The fourth-order valence-corrected chi connectivity index (χ4v) is 4.65. The summed E-state index contributed by atoms with van der Waals surface area (Å²) < 4.78 is 11.8. The highest BCUT2D eigenvalue weighted by molar-refractivity contribution is 5.12. The molecule has 1 aromatic rings. The number of ether oxygens (including phenoxy) is 1. The molecule has 1 N–H and O–H groups in total. The molecule has 1 aliphatic carbocycles. The van der Waals surface area contributed by atoms with E-state index in [9.17, 15) is 5.11 Å². The highest BCUT2D eigenvalue weighted by Crippen LogP contribution is 2.42. The second-order valence-electron chi connectivity index (χ2n) is 7.37. The SMILES string of the molecule is O[C@@](CO[C@H]1CN2CCC1CC2)(c1ccco1)C1CCCC1. The number of furan rings is 1. The van der Waals surface area contributed by atoms with Crippen LogP contribution in [-0.2, 0) is 10.3 Å². The first-order chi connectivity index (χ1) is 10.8. The molecule has 0 aromatic carbocycles. The molecule has 2 bridgehead atoms. The fraction of sp³-hybridized carbons (Fsp3) is 0.778. The molecule has 4 aliphatic rings. The molecular formula is C18H27NO3. The molecular weight excluding hydrogens is 278 g/mol. The lowest BCUT2D eigenvalue weighted by Crippen LogP contribution is -2.52. The van der Waals surface area contributed by atoms with Gasteiger partial charge in [-0.1, -0.05) is 12.8 Å². The highest BCUT2D eigenvalue weighted by atomic mass is 16.5. The van der Waals surface area contributed by atoms with Crippen molar-refractivity contribution in [2.75, 3.05) is 26.2 Å². The van der Waals surface area contributed by atoms with Crippen LogP contribution < -0.4 is 0 Å². The normalized spacial score (nSPS) is 34.9. The van der Waals surface area contributed by atoms with Gasteiger partial charge in [-0.3, -0.25) is 0 Å². The Kier molecular flexibility index (Phi) is 4.01. The second-order valence-corrected chi connectivity index (χ2v) is 7.37. The van der Waals surface area contributed by atoms with Crippen molar-refractivity contribution in [1.82, 2.24) is 4.90 Å². The molecule has 4 fully saturated rings. The molecule has 122 valence electrons. The van der Waals surface area contributed by atoms with Crippen LogP contribution in [0.4, 0.5) is 0 Å². The first-order valence-corrected chi connectivity index (χ1v) is 8.86. The summed E-state index contributed by atoms with van der Waals surface area (Å²) in [6.45, 7) is 3.84. The van der Waals surface area contributed by atoms with Crippen LogP contribution >= 0.6 is 0 Å². The van der Waals surface area contributed by atoms with Crippen LogP contribution in [0.3, 0.4) is 0 Å². The Balaban J connectivity index is 1.47. The van der Waals surface area contributed by atoms with Crippen LogP contribution in [-0.4, -0.2) is 42.4 Å². The van der Waals surface area contributed by atoms with Gasteiger partial charge in [0.25, 0.3) is 0 Å². The summed E-state index contributed by atoms with van der Waals surface area (Å²) in [7, 11) is 0. The standard InChI is InChI=1S/C18H27NO3/c20-18(15-4-1-2-5-15,17-6-3-11-21-17)13-22-16-12-19-9-7-14(16)8-10-19/h3,6,11,14-16,20H,1-2,4-5,7-10,12-13H2/t16-,18+/m0/s1. The zero-order valence-electron chi connectivity index (χ0n) is 13.2. The third kappa shape index (κ3) is 2.61. The maximum absolute atomic E-state index is 11.3. The quantitative estimate of drug-likeness (QED) is 0.908. The van der Waals surface area contributed by atoms with Crippen molar-refractivity contribution in [1.29, 1.82) is 0 Å². The first kappa shape index (κ1) is 14.7. The van der Waals surface area contributed by atoms with E-state index in [0.717, 1.165) is 19.4 Å². The molecule has 4 heterocycles. The number of rotatable bonds is 5. The summed E-state index contributed by atoms with van der Waals surface area (Å²) in [5.41, 5.74) is -0.952. The number of hydrogen-bond donors (Lipinski definition) is 1. The van der Waals surface area contributed by atoms with Crippen molar-refractivity contribution in [3.05, 3.63) is 24.2 Å². The molecule has 4 heteroatoms. The summed E-state index contributed by atoms with van der Waals surface area (Å²) in [6, 6.07) is 3.77. The second kappa shape index (κ2) is 5.99. The maximum Gasteiger partial charge on any atom is 0.148 e. The molecule has 4 nitrogen and oxygen atoms in total. The van der Waals surface area contributed by atoms with Crippen molar-refractivity contribution >= 4 is 0 Å². The summed E-state index contributed by atoms with van der Waals surface area (Å²) in [5, 5.41) is 11.3. The minimum atomic E-state index is -0.952. The predicted molar refractivity (Wildman–Crippen MR) is 83.5 cm³/mol. The minimum Gasteiger partial charge on any atom is -0.466 e. The lowest BCUT2D eigenvalue weighted by Gasteiger charge is -2.45. The Hall–Kier alpha value is -0.840. The topological polar surface area (TPSA) is 45.8 Å². The van der Waals surface area contributed by atoms with Crippen LogP contribution in [0.15, 0.2) is 22.8 Å². The van der Waals surface area contributed by atoms with Crippen molar-refractivity contribution in [3.63, 3.8) is 0 Å². The van der Waals surface area contributed by atoms with E-state index in [1.165, 1.54) is 38.8 Å². The third-order valence-electron chi connectivity index (χ3n) is 6.09. The Morgan fingerprint density at radius 2 is 2.00 bits per heavy atom. The molecule has 0 radical (unpaired) electrons. The van der Waals surface area contributed by atoms with Crippen molar-refractivity contribution in [2.24, 2.45) is 11.8 Å². The lowest BCUT2D eigenvalue weighted by molar-refractivity contribution is -0.150. The first-order valence-electron chi connectivity index (χ1n) is 8.86. The fourth-order valence-electron chi connectivity index (χ4n) is 4.65. The van der Waals surface area contributed by atoms with Crippen LogP contribution in [0.5, 0.6) is 0 Å². The van der Waals surface area contributed by atoms with Gasteiger partial charge in [-0.2, -0.15) is 0 Å². The van der Waals surface area contributed by atoms with Crippen molar-refractivity contribution in [3.8, 4) is 0 Å². The van der Waals surface area contributed by atoms with Gasteiger partial charge in [-0.25, -0.2) is 0 Å². The lowest BCUT2D eigenvalue weighted by atomic mass is 9.83. The third-order valence-corrected chi connectivity index (χ3v) is 6.09. The number of nitrogens with zero attached hydrogens (tertiary/aromatic N) is 1. The van der Waals surface area contributed by atoms with Gasteiger partial charge in [0.15, 0.2) is 0 Å². The van der Waals surface area contributed by atoms with Crippen LogP contribution in [0.2, 0.25) is 0 Å². The highest BCUT2D eigenvalue weighted by Gasteiger charge is 2.44. The monoisotopic (exact) mass is 305 g/mol. The number of fused-ring (bicyclic) bond motifs is 3. The van der Waals surface area contributed by atoms with E-state index in [4.69, 9.17) is 9.15 Å². The average Bonchev–Trinajstić information content (AvgIpc) is 3.27. The van der Waals surface area contributed by atoms with Gasteiger partial charge < -0.3 is 19.2 Å². The van der Waals surface area contributed by atoms with E-state index < -0.39 is 5.60 Å². The molecule has 1 aromatic heterocycles. The van der Waals surface area contributed by atoms with Gasteiger partial charge in [0, 0.05) is 6.54 Å². The Bertz CT molecular complexity index is 475. The number of piperidine rings is 3. The van der Waals surface area contributed by atoms with Gasteiger partial charge in [0.2, 0.25) is 0 Å². The Morgan fingerprint density at radius 3 is 2.59 bits per heavy atom. The smallest absolute Gasteiger partial charge is 0.148 e. The van der Waals surface area contributed by atoms with Crippen LogP contribution in [0, 0.1) is 11.8 Å². The van der Waals surface area contributed by atoms with Crippen LogP contribution in [0.25, 0.3) is 0 Å². The molecule has 3 aliphatic heterocycles. The average molecular weight is 305 g/mol. The summed E-state index contributed by atoms with van der Waals surface area (Å²) >= 11 is 0. The molecule has 0 amide bonds. The van der Waals surface area contributed by atoms with Crippen LogP contribution in [0.1, 0.15) is 44.3 Å². The van der Waals surface area contributed by atoms with Gasteiger partial charge in [0.05, 0.1) is 19.0 Å². The molecule has 2 atom stereocenters. The van der Waals surface area contributed by atoms with Crippen molar-refractivity contribution in [2.45, 2.75) is 50.2 Å².